The van der Waals surface area contributed by atoms with Gasteiger partial charge in [0.1, 0.15) is 11.6 Å². The van der Waals surface area contributed by atoms with Crippen LogP contribution in [0.1, 0.15) is 31.7 Å². The molecular weight excluding hydrogens is 424 g/mol. The second-order valence-corrected chi connectivity index (χ2v) is 8.91. The van der Waals surface area contributed by atoms with Gasteiger partial charge >= 0.3 is 5.97 Å². The fourth-order valence-electron chi connectivity index (χ4n) is 5.79. The number of nitrogens with zero attached hydrogens (tertiary/aromatic N) is 2. The van der Waals surface area contributed by atoms with Crippen LogP contribution in [0.3, 0.4) is 0 Å². The Labute approximate surface area is 194 Å². The Bertz CT molecular complexity index is 905. The minimum atomic E-state index is -1.05. The lowest BCUT2D eigenvalue weighted by Gasteiger charge is -2.36. The van der Waals surface area contributed by atoms with Gasteiger partial charge in [0.15, 0.2) is 0 Å². The molecule has 2 unspecified atom stereocenters. The third-order valence-electron chi connectivity index (χ3n) is 7.03. The second kappa shape index (κ2) is 9.65. The Balaban J connectivity index is 1.69. The monoisotopic (exact) mass is 456 g/mol. The van der Waals surface area contributed by atoms with Crippen LogP contribution in [0.4, 0.5) is 0 Å². The zero-order valence-corrected chi connectivity index (χ0v) is 19.0. The Kier molecular flexibility index (Phi) is 6.86. The summed E-state index contributed by atoms with van der Waals surface area (Å²) >= 11 is 0. The van der Waals surface area contributed by atoms with Gasteiger partial charge in [-0.15, -0.1) is 6.58 Å². The van der Waals surface area contributed by atoms with E-state index in [-0.39, 0.29) is 31.6 Å². The number of amides is 2. The van der Waals surface area contributed by atoms with Crippen molar-refractivity contribution in [1.82, 2.24) is 9.80 Å². The number of carbonyl (C=O) groups is 3. The summed E-state index contributed by atoms with van der Waals surface area (Å²) in [4.78, 5) is 43.6. The van der Waals surface area contributed by atoms with Crippen molar-refractivity contribution in [2.24, 2.45) is 11.8 Å². The molecule has 0 radical (unpaired) electrons. The van der Waals surface area contributed by atoms with Crippen LogP contribution in [0, 0.1) is 11.8 Å². The maximum absolute atomic E-state index is 14.0. The smallest absolute Gasteiger partial charge is 0.312 e. The van der Waals surface area contributed by atoms with E-state index in [9.17, 15) is 19.5 Å². The molecular formula is C25H32N2O6. The molecule has 8 heteroatoms. The molecule has 3 heterocycles. The summed E-state index contributed by atoms with van der Waals surface area (Å²) in [7, 11) is 0. The molecule has 2 amide bonds. The van der Waals surface area contributed by atoms with E-state index in [0.29, 0.717) is 32.4 Å². The van der Waals surface area contributed by atoms with Gasteiger partial charge in [0.05, 0.1) is 24.5 Å². The van der Waals surface area contributed by atoms with Gasteiger partial charge in [-0.2, -0.15) is 0 Å². The van der Waals surface area contributed by atoms with Crippen molar-refractivity contribution >= 4 is 17.8 Å². The Hall–Kier alpha value is -2.71. The Morgan fingerprint density at radius 3 is 2.79 bits per heavy atom. The van der Waals surface area contributed by atoms with E-state index in [4.69, 9.17) is 9.47 Å². The molecule has 1 spiro atoms. The zero-order valence-electron chi connectivity index (χ0n) is 19.0. The van der Waals surface area contributed by atoms with Crippen LogP contribution in [0.2, 0.25) is 0 Å². The van der Waals surface area contributed by atoms with Crippen LogP contribution in [0.15, 0.2) is 43.0 Å². The lowest BCUT2D eigenvalue weighted by atomic mass is 9.70. The number of rotatable bonds is 10. The van der Waals surface area contributed by atoms with E-state index in [0.717, 1.165) is 5.56 Å². The topological polar surface area (TPSA) is 96.4 Å². The highest BCUT2D eigenvalue weighted by Crippen LogP contribution is 2.58. The second-order valence-electron chi connectivity index (χ2n) is 8.91. The lowest BCUT2D eigenvalue weighted by molar-refractivity contribution is -0.155. The molecule has 0 aromatic heterocycles. The fraction of sp³-hybridized carbons (Fsp3) is 0.560. The van der Waals surface area contributed by atoms with Gasteiger partial charge in [0.25, 0.3) is 0 Å². The van der Waals surface area contributed by atoms with Gasteiger partial charge in [-0.3, -0.25) is 14.4 Å². The highest BCUT2D eigenvalue weighted by atomic mass is 16.6. The van der Waals surface area contributed by atoms with Gasteiger partial charge in [0.2, 0.25) is 11.8 Å². The Morgan fingerprint density at radius 1 is 1.36 bits per heavy atom. The van der Waals surface area contributed by atoms with Crippen molar-refractivity contribution < 1.29 is 29.0 Å². The van der Waals surface area contributed by atoms with E-state index in [1.807, 2.05) is 30.3 Å². The molecule has 33 heavy (non-hydrogen) atoms. The van der Waals surface area contributed by atoms with Gasteiger partial charge in [-0.25, -0.2) is 0 Å². The number of fused-ring (bicyclic) bond motifs is 1. The largest absolute Gasteiger partial charge is 0.466 e. The summed E-state index contributed by atoms with van der Waals surface area (Å²) in [5.41, 5.74) is -0.0871. The van der Waals surface area contributed by atoms with E-state index in [2.05, 4.69) is 6.58 Å². The number of likely N-dealkylation sites (tertiary alicyclic amines) is 1. The van der Waals surface area contributed by atoms with Crippen LogP contribution in [-0.4, -0.2) is 76.7 Å². The van der Waals surface area contributed by atoms with E-state index < -0.39 is 35.6 Å². The zero-order chi connectivity index (χ0) is 23.6. The first kappa shape index (κ1) is 23.4. The first-order chi connectivity index (χ1) is 16.0. The third kappa shape index (κ3) is 3.95. The molecule has 5 atom stereocenters. The van der Waals surface area contributed by atoms with Gasteiger partial charge in [-0.05, 0) is 31.7 Å². The molecule has 1 N–H and O–H groups in total. The SMILES string of the molecule is C=CCN(Cc1ccccc1)C(=O)C1N(CCCO)C(=O)[C@@H]2[C@@H](C(=O)OCC)[C@H]3CCC12O3. The minimum Gasteiger partial charge on any atom is -0.466 e. The number of aliphatic hydroxyl groups excluding tert-OH is 1. The molecule has 178 valence electrons. The molecule has 2 bridgehead atoms. The van der Waals surface area contributed by atoms with Crippen LogP contribution in [0.25, 0.3) is 0 Å². The predicted octanol–water partition coefficient (Wildman–Crippen LogP) is 1.52. The molecule has 1 aromatic carbocycles. The molecule has 8 nitrogen and oxygen atoms in total. The van der Waals surface area contributed by atoms with Crippen LogP contribution >= 0.6 is 0 Å². The number of hydrogen-bond acceptors (Lipinski definition) is 6. The fourth-order valence-corrected chi connectivity index (χ4v) is 5.79. The van der Waals surface area contributed by atoms with E-state index >= 15 is 0 Å². The summed E-state index contributed by atoms with van der Waals surface area (Å²) in [6, 6.07) is 8.79. The maximum atomic E-state index is 14.0. The maximum Gasteiger partial charge on any atom is 0.312 e. The van der Waals surface area contributed by atoms with E-state index in [1.165, 1.54) is 4.90 Å². The number of aliphatic hydroxyl groups is 1. The molecule has 0 saturated carbocycles. The summed E-state index contributed by atoms with van der Waals surface area (Å²) in [6.07, 6.45) is 2.72. The van der Waals surface area contributed by atoms with Crippen molar-refractivity contribution in [2.75, 3.05) is 26.3 Å². The average molecular weight is 457 g/mol. The average Bonchev–Trinajstić information content (AvgIpc) is 3.45. The van der Waals surface area contributed by atoms with E-state index in [1.54, 1.807) is 17.9 Å². The standard InChI is InChI=1S/C25H32N2O6/c1-3-13-26(16-17-9-6-5-7-10-17)23(30)21-25-12-11-18(33-25)19(24(31)32-4-2)20(25)22(29)27(21)14-8-15-28/h3,5-7,9-10,18-21,28H,1,4,8,11-16H2,2H3/t18-,19+,20+,21?,25?/m1/s1. The Morgan fingerprint density at radius 2 is 2.12 bits per heavy atom. The number of benzene rings is 1. The summed E-state index contributed by atoms with van der Waals surface area (Å²) in [6.45, 7) is 6.56. The van der Waals surface area contributed by atoms with Crippen molar-refractivity contribution in [1.29, 1.82) is 0 Å². The molecule has 1 aromatic rings. The van der Waals surface area contributed by atoms with Crippen LogP contribution in [0.5, 0.6) is 0 Å². The normalized spacial score (nSPS) is 29.8. The molecule has 4 rings (SSSR count). The number of esters is 1. The molecule has 3 fully saturated rings. The number of carbonyl (C=O) groups excluding carboxylic acids is 3. The van der Waals surface area contributed by atoms with Crippen LogP contribution in [-0.2, 0) is 30.4 Å². The number of hydrogen-bond donors (Lipinski definition) is 1. The van der Waals surface area contributed by atoms with Gasteiger partial charge in [-0.1, -0.05) is 36.4 Å². The quantitative estimate of drug-likeness (QED) is 0.424. The van der Waals surface area contributed by atoms with Crippen molar-refractivity contribution in [3.05, 3.63) is 48.6 Å². The van der Waals surface area contributed by atoms with Crippen molar-refractivity contribution in [3.63, 3.8) is 0 Å². The summed E-state index contributed by atoms with van der Waals surface area (Å²) < 4.78 is 11.6. The minimum absolute atomic E-state index is 0.104. The first-order valence-corrected chi connectivity index (χ1v) is 11.7. The highest BCUT2D eigenvalue weighted by molar-refractivity contribution is 5.98. The molecule has 3 aliphatic rings. The highest BCUT2D eigenvalue weighted by Gasteiger charge is 2.74. The summed E-state index contributed by atoms with van der Waals surface area (Å²) in [5.74, 6) is -2.38. The summed E-state index contributed by atoms with van der Waals surface area (Å²) in [5, 5.41) is 9.42. The molecule has 3 aliphatic heterocycles. The van der Waals surface area contributed by atoms with Gasteiger partial charge < -0.3 is 24.4 Å². The predicted molar refractivity (Wildman–Crippen MR) is 120 cm³/mol. The lowest BCUT2D eigenvalue weighted by Crippen LogP contribution is -2.56. The van der Waals surface area contributed by atoms with Crippen LogP contribution < -0.4 is 0 Å². The molecule has 0 aliphatic carbocycles. The van der Waals surface area contributed by atoms with Crippen molar-refractivity contribution in [2.45, 2.75) is 50.5 Å². The first-order valence-electron chi connectivity index (χ1n) is 11.7. The third-order valence-corrected chi connectivity index (χ3v) is 7.03. The van der Waals surface area contributed by atoms with Crippen molar-refractivity contribution in [3.8, 4) is 0 Å². The van der Waals surface area contributed by atoms with Gasteiger partial charge in [0, 0.05) is 26.2 Å². The molecule has 3 saturated heterocycles. The number of ether oxygens (including phenoxy) is 2.